The Morgan fingerprint density at radius 2 is 1.63 bits per heavy atom. The Balaban J connectivity index is 2.75. The molecule has 1 N–H and O–H groups in total. The Kier molecular flexibility index (Phi) is 6.50. The van der Waals surface area contributed by atoms with Gasteiger partial charge in [0.25, 0.3) is 0 Å². The minimum atomic E-state index is -0.223. The van der Waals surface area contributed by atoms with E-state index in [9.17, 15) is 5.11 Å². The molecule has 1 aromatic rings. The number of aliphatic hydroxyl groups excluding tert-OH is 1. The van der Waals surface area contributed by atoms with Crippen molar-refractivity contribution in [3.05, 3.63) is 35.9 Å². The molecule has 1 rings (SSSR count). The minimum Gasteiger partial charge on any atom is -0.392 e. The van der Waals surface area contributed by atoms with E-state index in [0.717, 1.165) is 6.42 Å². The van der Waals surface area contributed by atoms with Gasteiger partial charge in [-0.25, -0.2) is 0 Å². The fourth-order valence-electron chi connectivity index (χ4n) is 2.88. The summed E-state index contributed by atoms with van der Waals surface area (Å²) in [5.74, 6) is 0. The van der Waals surface area contributed by atoms with E-state index in [4.69, 9.17) is 0 Å². The number of benzene rings is 1. The fraction of sp³-hybridized carbons (Fsp3) is 0.647. The van der Waals surface area contributed by atoms with Gasteiger partial charge in [-0.2, -0.15) is 0 Å². The first-order valence-corrected chi connectivity index (χ1v) is 9.16. The summed E-state index contributed by atoms with van der Waals surface area (Å²) in [4.78, 5) is 0. The predicted molar refractivity (Wildman–Crippen MR) is 87.4 cm³/mol. The van der Waals surface area contributed by atoms with E-state index in [-0.39, 0.29) is 19.4 Å². The van der Waals surface area contributed by atoms with Crippen molar-refractivity contribution in [2.24, 2.45) is 5.41 Å². The zero-order chi connectivity index (χ0) is 14.5. The van der Waals surface area contributed by atoms with E-state index >= 15 is 0 Å². The molecule has 0 fully saturated rings. The molecular weight excluding hydrogens is 251 g/mol. The molecule has 0 bridgehead atoms. The molecule has 0 heterocycles. The van der Waals surface area contributed by atoms with Crippen molar-refractivity contribution in [2.75, 3.05) is 12.3 Å². The number of rotatable bonds is 7. The molecule has 0 saturated carbocycles. The van der Waals surface area contributed by atoms with Gasteiger partial charge >= 0.3 is 0 Å². The fourth-order valence-corrected chi connectivity index (χ4v) is 5.28. The molecule has 0 aliphatic heterocycles. The average Bonchev–Trinajstić information content (AvgIpc) is 2.39. The van der Waals surface area contributed by atoms with Crippen molar-refractivity contribution in [1.29, 1.82) is 0 Å². The lowest BCUT2D eigenvalue weighted by Gasteiger charge is -2.38. The molecular formula is C17H29OP. The molecule has 0 aliphatic carbocycles. The maximum absolute atomic E-state index is 10.8. The van der Waals surface area contributed by atoms with Crippen LogP contribution in [0.25, 0.3) is 0 Å². The lowest BCUT2D eigenvalue weighted by molar-refractivity contribution is 0.0507. The maximum Gasteiger partial charge on any atom is 0.0658 e. The third kappa shape index (κ3) is 4.58. The van der Waals surface area contributed by atoms with Crippen LogP contribution in [0.4, 0.5) is 0 Å². The van der Waals surface area contributed by atoms with E-state index < -0.39 is 0 Å². The van der Waals surface area contributed by atoms with Crippen LogP contribution in [0.2, 0.25) is 0 Å². The lowest BCUT2D eigenvalue weighted by Crippen LogP contribution is -2.39. The van der Waals surface area contributed by atoms with E-state index in [1.165, 1.54) is 17.9 Å². The van der Waals surface area contributed by atoms with Crippen LogP contribution in [0.5, 0.6) is 0 Å². The van der Waals surface area contributed by atoms with Crippen molar-refractivity contribution in [3.8, 4) is 0 Å². The molecule has 0 amide bonds. The van der Waals surface area contributed by atoms with Crippen LogP contribution in [0.1, 0.15) is 40.2 Å². The highest BCUT2D eigenvalue weighted by Crippen LogP contribution is 2.45. The van der Waals surface area contributed by atoms with Crippen molar-refractivity contribution >= 4 is 7.92 Å². The van der Waals surface area contributed by atoms with Crippen LogP contribution in [0, 0.1) is 5.41 Å². The smallest absolute Gasteiger partial charge is 0.0658 e. The number of hydrogen-bond acceptors (Lipinski definition) is 1. The van der Waals surface area contributed by atoms with Crippen molar-refractivity contribution < 1.29 is 5.11 Å². The van der Waals surface area contributed by atoms with Crippen LogP contribution in [-0.4, -0.2) is 29.2 Å². The summed E-state index contributed by atoms with van der Waals surface area (Å²) < 4.78 is 0. The van der Waals surface area contributed by atoms with Crippen molar-refractivity contribution in [3.63, 3.8) is 0 Å². The monoisotopic (exact) mass is 280 g/mol. The van der Waals surface area contributed by atoms with Gasteiger partial charge in [-0.15, -0.1) is 7.92 Å². The quantitative estimate of drug-likeness (QED) is 0.728. The standard InChI is InChI=1S/C17H29OP/c1-6-19(7-2)14(3)16(18)17(4,5)13-15-11-9-8-10-12-15/h8-12,14,16,18H,6-7,13H2,1-5H3/t14-,16+/m1/s1. The van der Waals surface area contributed by atoms with Gasteiger partial charge < -0.3 is 5.11 Å². The molecule has 0 spiro atoms. The van der Waals surface area contributed by atoms with Gasteiger partial charge in [-0.3, -0.25) is 0 Å². The highest BCUT2D eigenvalue weighted by molar-refractivity contribution is 7.58. The van der Waals surface area contributed by atoms with Gasteiger partial charge in [0.05, 0.1) is 6.10 Å². The first-order chi connectivity index (χ1) is 8.92. The molecule has 0 unspecified atom stereocenters. The third-order valence-electron chi connectivity index (χ3n) is 4.15. The Labute approximate surface area is 120 Å². The molecule has 0 aromatic heterocycles. The molecule has 0 saturated heterocycles. The normalized spacial score (nSPS) is 15.5. The summed E-state index contributed by atoms with van der Waals surface area (Å²) in [7, 11) is -0.0457. The molecule has 1 nitrogen and oxygen atoms in total. The van der Waals surface area contributed by atoms with Crippen LogP contribution < -0.4 is 0 Å². The zero-order valence-corrected chi connectivity index (χ0v) is 14.0. The molecule has 0 aliphatic rings. The predicted octanol–water partition coefficient (Wildman–Crippen LogP) is 4.53. The van der Waals surface area contributed by atoms with Gasteiger partial charge in [-0.1, -0.05) is 65.0 Å². The summed E-state index contributed by atoms with van der Waals surface area (Å²) >= 11 is 0. The van der Waals surface area contributed by atoms with E-state index in [0.29, 0.717) is 5.66 Å². The van der Waals surface area contributed by atoms with Crippen molar-refractivity contribution in [2.45, 2.75) is 52.8 Å². The van der Waals surface area contributed by atoms with Crippen molar-refractivity contribution in [1.82, 2.24) is 0 Å². The van der Waals surface area contributed by atoms with Crippen LogP contribution in [0.3, 0.4) is 0 Å². The Hall–Kier alpha value is -0.390. The summed E-state index contributed by atoms with van der Waals surface area (Å²) in [6.07, 6.45) is 3.14. The number of aliphatic hydroxyl groups is 1. The Morgan fingerprint density at radius 3 is 2.11 bits per heavy atom. The first-order valence-electron chi connectivity index (χ1n) is 7.38. The maximum atomic E-state index is 10.8. The first kappa shape index (κ1) is 16.7. The number of hydrogen-bond donors (Lipinski definition) is 1. The molecule has 0 radical (unpaired) electrons. The van der Waals surface area contributed by atoms with Crippen LogP contribution in [0.15, 0.2) is 30.3 Å². The molecule has 1 aromatic carbocycles. The van der Waals surface area contributed by atoms with Gasteiger partial charge in [0, 0.05) is 5.66 Å². The van der Waals surface area contributed by atoms with Gasteiger partial charge in [0.15, 0.2) is 0 Å². The van der Waals surface area contributed by atoms with Crippen LogP contribution >= 0.6 is 7.92 Å². The summed E-state index contributed by atoms with van der Waals surface area (Å²) in [5.41, 5.74) is 1.67. The summed E-state index contributed by atoms with van der Waals surface area (Å²) in [6.45, 7) is 11.1. The molecule has 19 heavy (non-hydrogen) atoms. The SMILES string of the molecule is CCP(CC)[C@H](C)[C@H](O)C(C)(C)Cc1ccccc1. The second kappa shape index (κ2) is 7.41. The van der Waals surface area contributed by atoms with Gasteiger partial charge in [0.1, 0.15) is 0 Å². The zero-order valence-electron chi connectivity index (χ0n) is 13.1. The van der Waals surface area contributed by atoms with Crippen LogP contribution in [-0.2, 0) is 6.42 Å². The van der Waals surface area contributed by atoms with Gasteiger partial charge in [0.2, 0.25) is 0 Å². The topological polar surface area (TPSA) is 20.2 Å². The molecule has 108 valence electrons. The van der Waals surface area contributed by atoms with Gasteiger partial charge in [-0.05, 0) is 29.7 Å². The third-order valence-corrected chi connectivity index (χ3v) is 7.21. The summed E-state index contributed by atoms with van der Waals surface area (Å²) in [5, 5.41) is 10.8. The summed E-state index contributed by atoms with van der Waals surface area (Å²) in [6, 6.07) is 10.5. The second-order valence-electron chi connectivity index (χ2n) is 6.06. The lowest BCUT2D eigenvalue weighted by atomic mass is 9.79. The molecule has 2 heteroatoms. The minimum absolute atomic E-state index is 0.0457. The van der Waals surface area contributed by atoms with E-state index in [1.54, 1.807) is 0 Å². The van der Waals surface area contributed by atoms with E-state index in [1.807, 2.05) is 6.07 Å². The highest BCUT2D eigenvalue weighted by Gasteiger charge is 2.34. The highest BCUT2D eigenvalue weighted by atomic mass is 31.1. The molecule has 2 atom stereocenters. The largest absolute Gasteiger partial charge is 0.392 e. The Bertz CT molecular complexity index is 357. The Morgan fingerprint density at radius 1 is 1.11 bits per heavy atom. The van der Waals surface area contributed by atoms with E-state index in [2.05, 4.69) is 58.9 Å². The second-order valence-corrected chi connectivity index (χ2v) is 9.31. The average molecular weight is 280 g/mol.